The highest BCUT2D eigenvalue weighted by molar-refractivity contribution is 5.36. The van der Waals surface area contributed by atoms with Crippen LogP contribution in [0.15, 0.2) is 0 Å². The Morgan fingerprint density at radius 2 is 2.27 bits per heavy atom. The Bertz CT molecular complexity index is 89.3. The minimum Gasteiger partial charge on any atom is -0.468 e. The molecule has 0 N–H and O–H groups in total. The van der Waals surface area contributed by atoms with Gasteiger partial charge in [-0.3, -0.25) is 9.18 Å². The van der Waals surface area contributed by atoms with Gasteiger partial charge in [-0.05, 0) is 25.7 Å². The van der Waals surface area contributed by atoms with E-state index in [1.165, 1.54) is 6.42 Å². The summed E-state index contributed by atoms with van der Waals surface area (Å²) in [5.74, 6) is 0.449. The van der Waals surface area contributed by atoms with E-state index < -0.39 is 0 Å². The van der Waals surface area contributed by atoms with Gasteiger partial charge in [-0.1, -0.05) is 6.42 Å². The van der Waals surface area contributed by atoms with Crippen molar-refractivity contribution in [1.82, 2.24) is 0 Å². The van der Waals surface area contributed by atoms with E-state index >= 15 is 0 Å². The maximum Gasteiger partial charge on any atom is 0.293 e. The summed E-state index contributed by atoms with van der Waals surface area (Å²) in [7, 11) is 0. The smallest absolute Gasteiger partial charge is 0.293 e. The lowest BCUT2D eigenvalue weighted by molar-refractivity contribution is -0.128. The largest absolute Gasteiger partial charge is 0.468 e. The molecule has 1 fully saturated rings. The van der Waals surface area contributed by atoms with Crippen molar-refractivity contribution in [1.29, 1.82) is 0 Å². The van der Waals surface area contributed by atoms with E-state index in [0.717, 1.165) is 12.8 Å². The van der Waals surface area contributed by atoms with E-state index in [1.807, 2.05) is 0 Å². The molecule has 1 saturated carbocycles. The van der Waals surface area contributed by atoms with Crippen LogP contribution in [0.5, 0.6) is 0 Å². The van der Waals surface area contributed by atoms with Gasteiger partial charge in [0.15, 0.2) is 0 Å². The van der Waals surface area contributed by atoms with Crippen LogP contribution in [0.25, 0.3) is 0 Å². The third-order valence-electron chi connectivity index (χ3n) is 1.68. The maximum absolute atomic E-state index is 11.4. The third-order valence-corrected chi connectivity index (χ3v) is 1.68. The number of carbonyl (C=O) groups is 1. The number of halogens is 1. The highest BCUT2D eigenvalue weighted by Crippen LogP contribution is 2.25. The van der Waals surface area contributed by atoms with Gasteiger partial charge in [0.2, 0.25) is 0 Å². The van der Waals surface area contributed by atoms with Crippen molar-refractivity contribution >= 4 is 6.47 Å². The fourth-order valence-corrected chi connectivity index (χ4v) is 0.715. The van der Waals surface area contributed by atoms with Gasteiger partial charge in [-0.2, -0.15) is 0 Å². The molecule has 0 amide bonds. The zero-order chi connectivity index (χ0) is 8.53. The highest BCUT2D eigenvalue weighted by atomic mass is 19.1. The molecule has 0 unspecified atom stereocenters. The molecule has 66 valence electrons. The maximum atomic E-state index is 11.4. The molecule has 0 radical (unpaired) electrons. The Hall–Kier alpha value is -0.600. The summed E-state index contributed by atoms with van der Waals surface area (Å²) in [5, 5.41) is 0. The van der Waals surface area contributed by atoms with Gasteiger partial charge in [-0.25, -0.2) is 0 Å². The van der Waals surface area contributed by atoms with E-state index in [0.29, 0.717) is 19.0 Å². The van der Waals surface area contributed by atoms with Crippen molar-refractivity contribution in [3.8, 4) is 0 Å². The number of hydrogen-bond donors (Lipinski definition) is 0. The molecule has 1 rings (SSSR count). The fourth-order valence-electron chi connectivity index (χ4n) is 0.715. The van der Waals surface area contributed by atoms with Crippen LogP contribution in [0, 0.1) is 5.92 Å². The van der Waals surface area contributed by atoms with Crippen LogP contribution in [-0.2, 0) is 9.53 Å². The summed E-state index contributed by atoms with van der Waals surface area (Å²) in [6.07, 6.45) is 3.53. The molecular weight excluding hydrogens is 147 g/mol. The summed E-state index contributed by atoms with van der Waals surface area (Å²) in [4.78, 5) is 9.18. The van der Waals surface area contributed by atoms with Crippen molar-refractivity contribution in [2.75, 3.05) is 13.3 Å². The van der Waals surface area contributed by atoms with Crippen LogP contribution in [-0.4, -0.2) is 19.8 Å². The summed E-state index contributed by atoms with van der Waals surface area (Å²) in [5.41, 5.74) is 0. The molecule has 3 heteroatoms. The molecule has 0 aromatic carbocycles. The van der Waals surface area contributed by atoms with Gasteiger partial charge in [-0.15, -0.1) is 0 Å². The van der Waals surface area contributed by atoms with E-state index in [-0.39, 0.29) is 6.67 Å². The molecule has 0 aromatic heterocycles. The van der Waals surface area contributed by atoms with Crippen molar-refractivity contribution in [3.05, 3.63) is 0 Å². The van der Waals surface area contributed by atoms with Gasteiger partial charge in [0.25, 0.3) is 6.47 Å². The number of rotatable bonds is 3. The Labute approximate surface area is 66.7 Å². The van der Waals surface area contributed by atoms with Gasteiger partial charge in [0, 0.05) is 0 Å². The van der Waals surface area contributed by atoms with Gasteiger partial charge in [0.05, 0.1) is 13.3 Å². The molecular formula is C8H15FO2. The standard InChI is InChI=1S/C5H9F.C3H6O2/c6-4-5-2-1-3-5;1-2-5-3-4/h5H,1-4H2;3H,2H2,1H3. The molecule has 0 atom stereocenters. The van der Waals surface area contributed by atoms with Crippen LogP contribution >= 0.6 is 0 Å². The van der Waals surface area contributed by atoms with Crippen molar-refractivity contribution in [2.24, 2.45) is 5.92 Å². The summed E-state index contributed by atoms with van der Waals surface area (Å²) in [6, 6.07) is 0. The third kappa shape index (κ3) is 5.83. The molecule has 0 aliphatic heterocycles. The van der Waals surface area contributed by atoms with Crippen LogP contribution in [0.1, 0.15) is 26.2 Å². The first kappa shape index (κ1) is 10.4. The number of carbonyl (C=O) groups excluding carboxylic acids is 1. The normalized spacial score (nSPS) is 15.8. The van der Waals surface area contributed by atoms with Crippen molar-refractivity contribution < 1.29 is 13.9 Å². The van der Waals surface area contributed by atoms with Crippen LogP contribution in [0.3, 0.4) is 0 Å². The lowest BCUT2D eigenvalue weighted by Gasteiger charge is -2.20. The monoisotopic (exact) mass is 162 g/mol. The zero-order valence-corrected chi connectivity index (χ0v) is 6.88. The molecule has 0 bridgehead atoms. The molecule has 1 aliphatic carbocycles. The molecule has 0 heterocycles. The second-order valence-electron chi connectivity index (χ2n) is 2.50. The van der Waals surface area contributed by atoms with Crippen molar-refractivity contribution in [3.63, 3.8) is 0 Å². The molecule has 11 heavy (non-hydrogen) atoms. The van der Waals surface area contributed by atoms with Crippen LogP contribution < -0.4 is 0 Å². The van der Waals surface area contributed by atoms with Gasteiger partial charge in [0.1, 0.15) is 0 Å². The van der Waals surface area contributed by atoms with Crippen molar-refractivity contribution in [2.45, 2.75) is 26.2 Å². The van der Waals surface area contributed by atoms with Gasteiger partial charge >= 0.3 is 0 Å². The SMILES string of the molecule is CCOC=O.FCC1CCC1. The molecule has 0 spiro atoms. The molecule has 1 aliphatic rings. The predicted molar refractivity (Wildman–Crippen MR) is 41.0 cm³/mol. The number of hydrogen-bond acceptors (Lipinski definition) is 2. The first-order chi connectivity index (χ1) is 5.35. The first-order valence-corrected chi connectivity index (χ1v) is 3.96. The molecule has 2 nitrogen and oxygen atoms in total. The lowest BCUT2D eigenvalue weighted by atomic mass is 9.87. The average Bonchev–Trinajstić information content (AvgIpc) is 1.88. The first-order valence-electron chi connectivity index (χ1n) is 3.96. The second kappa shape index (κ2) is 7.51. The molecule has 0 aromatic rings. The summed E-state index contributed by atoms with van der Waals surface area (Å²) >= 11 is 0. The zero-order valence-electron chi connectivity index (χ0n) is 6.88. The number of alkyl halides is 1. The second-order valence-corrected chi connectivity index (χ2v) is 2.50. The Balaban J connectivity index is 0.000000187. The van der Waals surface area contributed by atoms with Gasteiger partial charge < -0.3 is 4.74 Å². The Morgan fingerprint density at radius 3 is 2.27 bits per heavy atom. The van der Waals surface area contributed by atoms with Crippen LogP contribution in [0.4, 0.5) is 4.39 Å². The van der Waals surface area contributed by atoms with Crippen LogP contribution in [0.2, 0.25) is 0 Å². The van der Waals surface area contributed by atoms with E-state index in [9.17, 15) is 9.18 Å². The molecule has 0 saturated heterocycles. The Kier molecular flexibility index (Phi) is 7.10. The topological polar surface area (TPSA) is 26.3 Å². The lowest BCUT2D eigenvalue weighted by Crippen LogP contribution is -2.11. The quantitative estimate of drug-likeness (QED) is 0.593. The average molecular weight is 162 g/mol. The van der Waals surface area contributed by atoms with E-state index in [1.54, 1.807) is 6.92 Å². The minimum absolute atomic E-state index is 0.0833. The summed E-state index contributed by atoms with van der Waals surface area (Å²) in [6.45, 7) is 2.58. The highest BCUT2D eigenvalue weighted by Gasteiger charge is 2.15. The van der Waals surface area contributed by atoms with E-state index in [4.69, 9.17) is 0 Å². The number of ether oxygens (including phenoxy) is 1. The minimum atomic E-state index is -0.0833. The predicted octanol–water partition coefficient (Wildman–Crippen LogP) is 1.94. The summed E-state index contributed by atoms with van der Waals surface area (Å²) < 4.78 is 15.6. The fraction of sp³-hybridized carbons (Fsp3) is 0.875. The Morgan fingerprint density at radius 1 is 1.64 bits per heavy atom. The van der Waals surface area contributed by atoms with E-state index in [2.05, 4.69) is 4.74 Å².